The topological polar surface area (TPSA) is 56.7 Å². The van der Waals surface area contributed by atoms with Gasteiger partial charge in [0.25, 0.3) is 0 Å². The predicted molar refractivity (Wildman–Crippen MR) is 293 cm³/mol. The molecular weight excluding hydrogens is 814 g/mol. The van der Waals surface area contributed by atoms with Crippen molar-refractivity contribution < 1.29 is 4.42 Å². The molecule has 0 spiro atoms. The number of hydrogen-bond donors (Lipinski definition) is 0. The molecule has 0 saturated heterocycles. The smallest absolute Gasteiger partial charge is 0.164 e. The molecule has 11 aromatic rings. The zero-order valence-electron chi connectivity index (χ0n) is 36.2. The summed E-state index contributed by atoms with van der Waals surface area (Å²) in [4.78, 5) is 15.0. The molecular formula is C51H20B12N4O. The van der Waals surface area contributed by atoms with E-state index in [2.05, 4.69) is 24.3 Å². The highest BCUT2D eigenvalue weighted by atomic mass is 16.3. The quantitative estimate of drug-likeness (QED) is 0.197. The fraction of sp³-hybridized carbons (Fsp3) is 0. The third-order valence-electron chi connectivity index (χ3n) is 12.7. The van der Waals surface area contributed by atoms with E-state index in [1.54, 1.807) is 4.57 Å². The van der Waals surface area contributed by atoms with Gasteiger partial charge in [0.2, 0.25) is 0 Å². The van der Waals surface area contributed by atoms with Crippen molar-refractivity contribution >= 4 is 203 Å². The molecule has 0 aliphatic carbocycles. The molecule has 0 bridgehead atoms. The van der Waals surface area contributed by atoms with Crippen LogP contribution in [0.15, 0.2) is 126 Å². The Hall–Kier alpha value is -6.85. The van der Waals surface area contributed by atoms with Crippen LogP contribution in [-0.2, 0) is 0 Å². The Labute approximate surface area is 408 Å². The summed E-state index contributed by atoms with van der Waals surface area (Å²) in [7, 11) is 79.5. The first kappa shape index (κ1) is 43.7. The lowest BCUT2D eigenvalue weighted by molar-refractivity contribution is 0.668. The molecule has 0 saturated carbocycles. The number of rotatable bonds is 6. The van der Waals surface area contributed by atoms with E-state index < -0.39 is 0 Å². The van der Waals surface area contributed by atoms with Gasteiger partial charge in [-0.25, -0.2) is 15.0 Å². The van der Waals surface area contributed by atoms with Crippen LogP contribution < -0.4 is 65.6 Å². The molecule has 0 aliphatic rings. The van der Waals surface area contributed by atoms with Crippen LogP contribution >= 0.6 is 0 Å². The molecule has 24 radical (unpaired) electrons. The number of benzene rings is 8. The molecule has 0 unspecified atom stereocenters. The van der Waals surface area contributed by atoms with Gasteiger partial charge in [0.15, 0.2) is 17.5 Å². The van der Waals surface area contributed by atoms with Gasteiger partial charge in [-0.2, -0.15) is 0 Å². The minimum atomic E-state index is -0.00145. The lowest BCUT2D eigenvalue weighted by atomic mass is 9.57. The van der Waals surface area contributed by atoms with Gasteiger partial charge >= 0.3 is 0 Å². The van der Waals surface area contributed by atoms with Crippen molar-refractivity contribution in [3.05, 3.63) is 121 Å². The van der Waals surface area contributed by atoms with E-state index in [1.165, 1.54) is 0 Å². The minimum Gasteiger partial charge on any atom is -0.456 e. The summed E-state index contributed by atoms with van der Waals surface area (Å²) in [5, 5.41) is 2.38. The molecule has 0 amide bonds. The number of nitrogens with zero attached hydrogens (tertiary/aromatic N) is 4. The Morgan fingerprint density at radius 2 is 0.750 bits per heavy atom. The van der Waals surface area contributed by atoms with Gasteiger partial charge in [-0.05, 0) is 58.0 Å². The Morgan fingerprint density at radius 3 is 1.38 bits per heavy atom. The van der Waals surface area contributed by atoms with Crippen LogP contribution in [0.5, 0.6) is 0 Å². The summed E-state index contributed by atoms with van der Waals surface area (Å²) in [6, 6.07) is 39.6. The molecule has 8 aromatic carbocycles. The Bertz CT molecular complexity index is 3920. The predicted octanol–water partition coefficient (Wildman–Crippen LogP) is -1.27. The zero-order valence-corrected chi connectivity index (χ0v) is 36.2. The number of fused-ring (bicyclic) bond motifs is 6. The fourth-order valence-corrected chi connectivity index (χ4v) is 9.20. The third kappa shape index (κ3) is 6.67. The van der Waals surface area contributed by atoms with Crippen molar-refractivity contribution in [2.45, 2.75) is 0 Å². The second-order valence-corrected chi connectivity index (χ2v) is 16.6. The standard InChI is InChI=1S/C51H20B12N4O/c52-35-31(32-36(53)40(57)43(60)41(58)37(32)54)38(55)45(62)47-33(35)34-39(56)42(59)44(61)46(63)48(34)67(47)26-15-17-28-27-16-14-25(19-29(27)68-30(28)20-26)51-65-49(22-10-5-2-6-11-22)64-50(66-51)24-13-7-12-23(18-24)21-8-3-1-4-9-21/h1-20H. The molecule has 286 valence electrons. The maximum Gasteiger partial charge on any atom is 0.164 e. The van der Waals surface area contributed by atoms with Gasteiger partial charge in [-0.15, -0.1) is 27.3 Å². The first-order chi connectivity index (χ1) is 32.7. The van der Waals surface area contributed by atoms with Crippen molar-refractivity contribution in [3.8, 4) is 62.1 Å². The second kappa shape index (κ2) is 16.4. The maximum absolute atomic E-state index is 7.11. The van der Waals surface area contributed by atoms with Crippen LogP contribution in [0.25, 0.3) is 106 Å². The zero-order chi connectivity index (χ0) is 47.4. The van der Waals surface area contributed by atoms with Gasteiger partial charge in [-0.1, -0.05) is 123 Å². The summed E-state index contributed by atoms with van der Waals surface area (Å²) < 4.78 is 8.43. The van der Waals surface area contributed by atoms with E-state index >= 15 is 0 Å². The van der Waals surface area contributed by atoms with E-state index in [-0.39, 0.29) is 76.7 Å². The van der Waals surface area contributed by atoms with Crippen molar-refractivity contribution in [2.75, 3.05) is 0 Å². The summed E-state index contributed by atoms with van der Waals surface area (Å²) in [6.07, 6.45) is 0. The van der Waals surface area contributed by atoms with Crippen LogP contribution in [0.3, 0.4) is 0 Å². The Morgan fingerprint density at radius 1 is 0.324 bits per heavy atom. The number of aromatic nitrogens is 4. The van der Waals surface area contributed by atoms with E-state index in [1.807, 2.05) is 97.1 Å². The lowest BCUT2D eigenvalue weighted by Gasteiger charge is -2.26. The first-order valence-electron chi connectivity index (χ1n) is 21.3. The summed E-state index contributed by atoms with van der Waals surface area (Å²) in [5.41, 5.74) is 7.79. The molecule has 3 heterocycles. The normalized spacial score (nSPS) is 11.6. The van der Waals surface area contributed by atoms with E-state index in [9.17, 15) is 0 Å². The van der Waals surface area contributed by atoms with Gasteiger partial charge in [0.05, 0.1) is 0 Å². The third-order valence-corrected chi connectivity index (χ3v) is 12.7. The largest absolute Gasteiger partial charge is 0.456 e. The lowest BCUT2D eigenvalue weighted by Crippen LogP contribution is -2.56. The van der Waals surface area contributed by atoms with Crippen molar-refractivity contribution in [2.24, 2.45) is 0 Å². The highest BCUT2D eigenvalue weighted by Crippen LogP contribution is 2.36. The van der Waals surface area contributed by atoms with Crippen LogP contribution in [-0.4, -0.2) is 114 Å². The Kier molecular flexibility index (Phi) is 10.6. The van der Waals surface area contributed by atoms with Crippen LogP contribution in [0.2, 0.25) is 0 Å². The van der Waals surface area contributed by atoms with Crippen LogP contribution in [0, 0.1) is 0 Å². The molecule has 3 aromatic heterocycles. The van der Waals surface area contributed by atoms with Crippen molar-refractivity contribution in [3.63, 3.8) is 0 Å². The molecule has 5 nitrogen and oxygen atoms in total. The van der Waals surface area contributed by atoms with E-state index in [0.29, 0.717) is 56.1 Å². The maximum atomic E-state index is 7.11. The molecule has 0 aliphatic heterocycles. The number of furan rings is 1. The number of hydrogen-bond acceptors (Lipinski definition) is 4. The summed E-state index contributed by atoms with van der Waals surface area (Å²) >= 11 is 0. The highest BCUT2D eigenvalue weighted by Gasteiger charge is 2.26. The van der Waals surface area contributed by atoms with Crippen molar-refractivity contribution in [1.29, 1.82) is 0 Å². The van der Waals surface area contributed by atoms with Crippen molar-refractivity contribution in [1.82, 2.24) is 19.5 Å². The average Bonchev–Trinajstić information content (AvgIpc) is 3.93. The second-order valence-electron chi connectivity index (χ2n) is 16.6. The molecule has 11 rings (SSSR count). The summed E-state index contributed by atoms with van der Waals surface area (Å²) in [5.74, 6) is 1.52. The molecule has 0 atom stereocenters. The monoisotopic (exact) mass is 836 g/mol. The molecule has 17 heteroatoms. The SMILES string of the molecule is [B]c1c([B])c([B])c(-c2c([B])c([B])c3c(c2[B])c2c([B])c([B])c([B])c([B])c2n3-c2ccc3c(c2)oc2cc(-c4nc(-c5ccccc5)nc(-c5cccc(-c6ccccc6)c5)n4)ccc23)c([B])c1[B]. The minimum absolute atomic E-state index is 0.00145. The fourth-order valence-electron chi connectivity index (χ4n) is 9.20. The van der Waals surface area contributed by atoms with Crippen LogP contribution in [0.1, 0.15) is 0 Å². The van der Waals surface area contributed by atoms with Gasteiger partial charge in [-0.3, -0.25) is 0 Å². The van der Waals surface area contributed by atoms with E-state index in [4.69, 9.17) is 114 Å². The molecule has 0 N–H and O–H groups in total. The average molecular weight is 834 g/mol. The van der Waals surface area contributed by atoms with Crippen LogP contribution in [0.4, 0.5) is 0 Å². The Balaban J connectivity index is 1.10. The highest BCUT2D eigenvalue weighted by molar-refractivity contribution is 6.72. The van der Waals surface area contributed by atoms with Gasteiger partial charge in [0, 0.05) is 55.6 Å². The van der Waals surface area contributed by atoms with Gasteiger partial charge < -0.3 is 8.98 Å². The summed E-state index contributed by atoms with van der Waals surface area (Å²) in [6.45, 7) is 0. The first-order valence-corrected chi connectivity index (χ1v) is 21.3. The molecule has 68 heavy (non-hydrogen) atoms. The van der Waals surface area contributed by atoms with Gasteiger partial charge in [0.1, 0.15) is 105 Å². The van der Waals surface area contributed by atoms with E-state index in [0.717, 1.165) is 38.6 Å². The molecule has 0 fully saturated rings.